The van der Waals surface area contributed by atoms with E-state index < -0.39 is 27.8 Å². The highest BCUT2D eigenvalue weighted by atomic mass is 32.2. The number of anilines is 1. The molecule has 0 spiro atoms. The number of hydrogen-bond acceptors (Lipinski definition) is 4. The Morgan fingerprint density at radius 3 is 2.48 bits per heavy atom. The Bertz CT molecular complexity index is 1110. The van der Waals surface area contributed by atoms with Crippen LogP contribution < -0.4 is 10.0 Å². The van der Waals surface area contributed by atoms with Gasteiger partial charge in [0.15, 0.2) is 0 Å². The number of amides is 1. The number of carbonyl (C=O) groups is 1. The number of benzene rings is 1. The summed E-state index contributed by atoms with van der Waals surface area (Å²) < 4.78 is 64.2. The zero-order valence-electron chi connectivity index (χ0n) is 18.8. The standard InChI is InChI=1S/C23H28F3N3O3S/c1-4-5-6-7-20-18(9-12-21(28-20)23(24,25)26)10-13-22(30)27-15-17-8-11-19(16(2)14-17)29-33(3,31)32/h8-14,29H,4-7,15H2,1-3H3,(H,27,30)/b13-10+. The van der Waals surface area contributed by atoms with Crippen molar-refractivity contribution in [2.45, 2.75) is 52.3 Å². The third kappa shape index (κ3) is 8.88. The number of alkyl halides is 3. The molecule has 0 atom stereocenters. The van der Waals surface area contributed by atoms with E-state index in [0.29, 0.717) is 35.3 Å². The van der Waals surface area contributed by atoms with Crippen molar-refractivity contribution in [2.75, 3.05) is 11.0 Å². The number of nitrogens with one attached hydrogen (secondary N) is 2. The Labute approximate surface area is 192 Å². The molecule has 0 aliphatic heterocycles. The van der Waals surface area contributed by atoms with Crippen LogP contribution in [0.25, 0.3) is 6.08 Å². The number of aromatic nitrogens is 1. The molecule has 2 N–H and O–H groups in total. The number of sulfonamides is 1. The van der Waals surface area contributed by atoms with Crippen molar-refractivity contribution in [1.29, 1.82) is 0 Å². The topological polar surface area (TPSA) is 88.2 Å². The van der Waals surface area contributed by atoms with E-state index in [1.54, 1.807) is 25.1 Å². The molecular weight excluding hydrogens is 455 g/mol. The van der Waals surface area contributed by atoms with Crippen LogP contribution >= 0.6 is 0 Å². The van der Waals surface area contributed by atoms with E-state index in [1.807, 2.05) is 6.92 Å². The third-order valence-corrected chi connectivity index (χ3v) is 5.37. The third-order valence-electron chi connectivity index (χ3n) is 4.78. The molecule has 0 aliphatic rings. The van der Waals surface area contributed by atoms with Gasteiger partial charge in [0.25, 0.3) is 0 Å². The van der Waals surface area contributed by atoms with Crippen LogP contribution in [0.5, 0.6) is 0 Å². The molecule has 33 heavy (non-hydrogen) atoms. The summed E-state index contributed by atoms with van der Waals surface area (Å²) in [4.78, 5) is 16.0. The molecule has 0 radical (unpaired) electrons. The van der Waals surface area contributed by atoms with Gasteiger partial charge in [-0.05, 0) is 54.7 Å². The molecular formula is C23H28F3N3O3S. The highest BCUT2D eigenvalue weighted by Gasteiger charge is 2.32. The molecule has 0 aliphatic carbocycles. The van der Waals surface area contributed by atoms with E-state index >= 15 is 0 Å². The average Bonchev–Trinajstić information content (AvgIpc) is 2.71. The van der Waals surface area contributed by atoms with Gasteiger partial charge in [-0.1, -0.05) is 38.0 Å². The van der Waals surface area contributed by atoms with Gasteiger partial charge in [-0.25, -0.2) is 13.4 Å². The lowest BCUT2D eigenvalue weighted by Gasteiger charge is -2.11. The highest BCUT2D eigenvalue weighted by molar-refractivity contribution is 7.92. The number of unbranched alkanes of at least 4 members (excludes halogenated alkanes) is 2. The molecule has 0 bridgehead atoms. The van der Waals surface area contributed by atoms with E-state index in [-0.39, 0.29) is 6.54 Å². The van der Waals surface area contributed by atoms with Crippen molar-refractivity contribution < 1.29 is 26.4 Å². The van der Waals surface area contributed by atoms with Crippen molar-refractivity contribution in [2.24, 2.45) is 0 Å². The predicted molar refractivity (Wildman–Crippen MR) is 123 cm³/mol. The van der Waals surface area contributed by atoms with Crippen LogP contribution in [0.4, 0.5) is 18.9 Å². The number of rotatable bonds is 10. The van der Waals surface area contributed by atoms with E-state index in [2.05, 4.69) is 15.0 Å². The molecule has 2 aromatic rings. The SMILES string of the molecule is CCCCCc1nc(C(F)(F)F)ccc1/C=C/C(=O)NCc1ccc(NS(C)(=O)=O)c(C)c1. The van der Waals surface area contributed by atoms with Gasteiger partial charge in [0.2, 0.25) is 15.9 Å². The lowest BCUT2D eigenvalue weighted by atomic mass is 10.1. The molecule has 0 fully saturated rings. The summed E-state index contributed by atoms with van der Waals surface area (Å²) in [7, 11) is -3.39. The molecule has 1 aromatic heterocycles. The van der Waals surface area contributed by atoms with Crippen LogP contribution in [-0.4, -0.2) is 25.6 Å². The van der Waals surface area contributed by atoms with Crippen LogP contribution in [0.3, 0.4) is 0 Å². The van der Waals surface area contributed by atoms with Gasteiger partial charge in [-0.15, -0.1) is 0 Å². The van der Waals surface area contributed by atoms with Crippen molar-refractivity contribution in [3.8, 4) is 0 Å². The first-order valence-corrected chi connectivity index (χ1v) is 12.4. The fourth-order valence-corrected chi connectivity index (χ4v) is 3.76. The molecule has 10 heteroatoms. The molecule has 0 unspecified atom stereocenters. The molecule has 1 heterocycles. The quantitative estimate of drug-likeness (QED) is 0.374. The molecule has 6 nitrogen and oxygen atoms in total. The van der Waals surface area contributed by atoms with Crippen molar-refractivity contribution in [3.63, 3.8) is 0 Å². The second kappa shape index (κ2) is 11.3. The molecule has 2 rings (SSSR count). The first-order chi connectivity index (χ1) is 15.4. The molecule has 0 saturated heterocycles. The van der Waals surface area contributed by atoms with E-state index in [9.17, 15) is 26.4 Å². The van der Waals surface area contributed by atoms with E-state index in [4.69, 9.17) is 0 Å². The smallest absolute Gasteiger partial charge is 0.348 e. The lowest BCUT2D eigenvalue weighted by molar-refractivity contribution is -0.141. The summed E-state index contributed by atoms with van der Waals surface area (Å²) in [6, 6.07) is 7.30. The first-order valence-electron chi connectivity index (χ1n) is 10.5. The van der Waals surface area contributed by atoms with Gasteiger partial charge in [0, 0.05) is 18.3 Å². The number of hydrogen-bond donors (Lipinski definition) is 2. The normalized spacial score (nSPS) is 12.2. The summed E-state index contributed by atoms with van der Waals surface area (Å²) in [5.41, 5.74) is 1.77. The van der Waals surface area contributed by atoms with Crippen molar-refractivity contribution >= 4 is 27.7 Å². The summed E-state index contributed by atoms with van der Waals surface area (Å²) in [6.45, 7) is 3.95. The minimum atomic E-state index is -4.52. The van der Waals surface area contributed by atoms with Crippen LogP contribution in [0, 0.1) is 6.92 Å². The van der Waals surface area contributed by atoms with Crippen molar-refractivity contribution in [1.82, 2.24) is 10.3 Å². The maximum absolute atomic E-state index is 13.0. The summed E-state index contributed by atoms with van der Waals surface area (Å²) in [5.74, 6) is -0.412. The minimum absolute atomic E-state index is 0.206. The molecule has 1 amide bonds. The zero-order valence-corrected chi connectivity index (χ0v) is 19.6. The largest absolute Gasteiger partial charge is 0.433 e. The first kappa shape index (κ1) is 26.4. The number of carbonyl (C=O) groups excluding carboxylic acids is 1. The number of halogens is 3. The average molecular weight is 484 g/mol. The molecule has 180 valence electrons. The van der Waals surface area contributed by atoms with Crippen molar-refractivity contribution in [3.05, 3.63) is 64.5 Å². The second-order valence-corrected chi connectivity index (χ2v) is 9.51. The van der Waals surface area contributed by atoms with Gasteiger partial charge in [0.1, 0.15) is 5.69 Å². The Balaban J connectivity index is 2.06. The van der Waals surface area contributed by atoms with Crippen LogP contribution in [0.15, 0.2) is 36.4 Å². The van der Waals surface area contributed by atoms with Crippen LogP contribution in [0.1, 0.15) is 54.3 Å². The van der Waals surface area contributed by atoms with Gasteiger partial charge in [-0.2, -0.15) is 13.2 Å². The van der Waals surface area contributed by atoms with Gasteiger partial charge < -0.3 is 5.32 Å². The van der Waals surface area contributed by atoms with Gasteiger partial charge in [0.05, 0.1) is 11.9 Å². The fraction of sp³-hybridized carbons (Fsp3) is 0.391. The number of pyridine rings is 1. The molecule has 1 aromatic carbocycles. The Kier molecular flexibility index (Phi) is 9.04. The summed E-state index contributed by atoms with van der Waals surface area (Å²) in [6.07, 6.45) is 2.18. The van der Waals surface area contributed by atoms with E-state index in [1.165, 1.54) is 18.2 Å². The monoisotopic (exact) mass is 483 g/mol. The van der Waals surface area contributed by atoms with Gasteiger partial charge in [-0.3, -0.25) is 9.52 Å². The zero-order chi connectivity index (χ0) is 24.6. The number of aryl methyl sites for hydroxylation is 2. The molecule has 0 saturated carbocycles. The maximum Gasteiger partial charge on any atom is 0.433 e. The Morgan fingerprint density at radius 1 is 1.15 bits per heavy atom. The number of nitrogens with zero attached hydrogens (tertiary/aromatic N) is 1. The Hall–Kier alpha value is -2.88. The predicted octanol–water partition coefficient (Wildman–Crippen LogP) is 4.84. The van der Waals surface area contributed by atoms with Gasteiger partial charge >= 0.3 is 6.18 Å². The maximum atomic E-state index is 13.0. The Morgan fingerprint density at radius 2 is 1.88 bits per heavy atom. The van der Waals surface area contributed by atoms with Crippen LogP contribution in [-0.2, 0) is 34.0 Å². The minimum Gasteiger partial charge on any atom is -0.348 e. The summed E-state index contributed by atoms with van der Waals surface area (Å²) in [5, 5.41) is 2.71. The summed E-state index contributed by atoms with van der Waals surface area (Å²) >= 11 is 0. The van der Waals surface area contributed by atoms with E-state index in [0.717, 1.165) is 30.7 Å². The van der Waals surface area contributed by atoms with Crippen LogP contribution in [0.2, 0.25) is 0 Å². The second-order valence-electron chi connectivity index (χ2n) is 7.76. The fourth-order valence-electron chi connectivity index (χ4n) is 3.13. The lowest BCUT2D eigenvalue weighted by Crippen LogP contribution is -2.20. The highest BCUT2D eigenvalue weighted by Crippen LogP contribution is 2.29.